The van der Waals surface area contributed by atoms with E-state index in [-0.39, 0.29) is 5.41 Å². The van der Waals surface area contributed by atoms with E-state index in [9.17, 15) is 0 Å². The van der Waals surface area contributed by atoms with Gasteiger partial charge in [0, 0.05) is 36.4 Å². The zero-order valence-electron chi connectivity index (χ0n) is 16.1. The van der Waals surface area contributed by atoms with Crippen molar-refractivity contribution in [2.24, 2.45) is 4.99 Å². The van der Waals surface area contributed by atoms with Crippen LogP contribution in [0.25, 0.3) is 0 Å². The number of aryl methyl sites for hydroxylation is 2. The third-order valence-electron chi connectivity index (χ3n) is 3.89. The molecule has 0 aliphatic rings. The van der Waals surface area contributed by atoms with Gasteiger partial charge in [-0.2, -0.15) is 0 Å². The average Bonchev–Trinajstić information content (AvgIpc) is 3.20. The van der Waals surface area contributed by atoms with Gasteiger partial charge in [0.2, 0.25) is 0 Å². The maximum absolute atomic E-state index is 5.41. The van der Waals surface area contributed by atoms with Gasteiger partial charge in [0.25, 0.3) is 0 Å². The first-order valence-electron chi connectivity index (χ1n) is 8.74. The lowest BCUT2D eigenvalue weighted by Crippen LogP contribution is -2.36. The molecule has 0 aliphatic carbocycles. The number of aliphatic imine (C=N–C) groups is 1. The Morgan fingerprint density at radius 2 is 1.92 bits per heavy atom. The summed E-state index contributed by atoms with van der Waals surface area (Å²) in [5.74, 6) is 1.68. The molecule has 0 aromatic carbocycles. The monoisotopic (exact) mass is 363 g/mol. The van der Waals surface area contributed by atoms with Crippen LogP contribution in [0, 0.1) is 0 Å². The molecule has 2 heterocycles. The van der Waals surface area contributed by atoms with E-state index >= 15 is 0 Å². The Balaban J connectivity index is 1.93. The number of guanidine groups is 1. The number of hydrogen-bond donors (Lipinski definition) is 2. The lowest BCUT2D eigenvalue weighted by atomic mass is 9.98. The van der Waals surface area contributed by atoms with Gasteiger partial charge in [-0.05, 0) is 6.42 Å². The highest BCUT2D eigenvalue weighted by molar-refractivity contribution is 7.09. The minimum absolute atomic E-state index is 0.0875. The van der Waals surface area contributed by atoms with Crippen molar-refractivity contribution < 1.29 is 4.52 Å². The average molecular weight is 364 g/mol. The number of thiazole rings is 1. The molecule has 2 N–H and O–H groups in total. The molecule has 25 heavy (non-hydrogen) atoms. The van der Waals surface area contributed by atoms with Gasteiger partial charge >= 0.3 is 0 Å². The van der Waals surface area contributed by atoms with Gasteiger partial charge in [0.15, 0.2) is 5.96 Å². The second kappa shape index (κ2) is 8.47. The second-order valence-corrected chi connectivity index (χ2v) is 7.77. The molecule has 6 nitrogen and oxygen atoms in total. The van der Waals surface area contributed by atoms with Crippen LogP contribution < -0.4 is 10.6 Å². The predicted octanol–water partition coefficient (Wildman–Crippen LogP) is 3.42. The number of aromatic nitrogens is 2. The van der Waals surface area contributed by atoms with Crippen LogP contribution in [-0.2, 0) is 31.3 Å². The van der Waals surface area contributed by atoms with Crippen molar-refractivity contribution in [3.8, 4) is 0 Å². The van der Waals surface area contributed by atoms with Gasteiger partial charge < -0.3 is 15.2 Å². The fraction of sp³-hybridized carbons (Fsp3) is 0.611. The van der Waals surface area contributed by atoms with Gasteiger partial charge in [0.1, 0.15) is 5.76 Å². The summed E-state index contributed by atoms with van der Waals surface area (Å²) in [4.78, 5) is 8.99. The minimum atomic E-state index is 0.0875. The van der Waals surface area contributed by atoms with E-state index in [0.29, 0.717) is 13.1 Å². The van der Waals surface area contributed by atoms with Gasteiger partial charge in [-0.15, -0.1) is 11.3 Å². The Morgan fingerprint density at radius 1 is 1.20 bits per heavy atom. The van der Waals surface area contributed by atoms with Crippen molar-refractivity contribution >= 4 is 17.3 Å². The van der Waals surface area contributed by atoms with Crippen LogP contribution in [0.3, 0.4) is 0 Å². The summed E-state index contributed by atoms with van der Waals surface area (Å²) in [5.41, 5.74) is 3.27. The summed E-state index contributed by atoms with van der Waals surface area (Å²) in [6.07, 6.45) is 1.70. The van der Waals surface area contributed by atoms with E-state index in [1.807, 2.05) is 0 Å². The summed E-state index contributed by atoms with van der Waals surface area (Å²) in [6, 6.07) is 0. The molecule has 0 amide bonds. The van der Waals surface area contributed by atoms with E-state index in [1.165, 1.54) is 0 Å². The van der Waals surface area contributed by atoms with Crippen LogP contribution in [0.2, 0.25) is 0 Å². The van der Waals surface area contributed by atoms with Crippen LogP contribution in [0.4, 0.5) is 0 Å². The number of nitrogens with zero attached hydrogens (tertiary/aromatic N) is 3. The molecule has 0 saturated carbocycles. The number of rotatable bonds is 6. The zero-order chi connectivity index (χ0) is 18.4. The first kappa shape index (κ1) is 19.4. The Kier molecular flexibility index (Phi) is 6.58. The molecule has 0 bridgehead atoms. The molecule has 0 aliphatic heterocycles. The van der Waals surface area contributed by atoms with Crippen molar-refractivity contribution in [3.63, 3.8) is 0 Å². The Hall–Kier alpha value is -1.89. The highest BCUT2D eigenvalue weighted by Crippen LogP contribution is 2.25. The number of hydrogen-bond acceptors (Lipinski definition) is 5. The molecule has 0 radical (unpaired) electrons. The fourth-order valence-corrected chi connectivity index (χ4v) is 3.34. The van der Waals surface area contributed by atoms with E-state index in [2.05, 4.69) is 60.8 Å². The minimum Gasteiger partial charge on any atom is -0.361 e. The molecule has 0 spiro atoms. The standard InChI is InChI=1S/C18H29N5OS/c1-7-14-13(15(8-2)24-23-14)10-21-17(19-6)20-9-12-11-25-16(22-12)18(3,4)5/h11H,7-10H2,1-6H3,(H2,19,20,21). The van der Waals surface area contributed by atoms with E-state index in [4.69, 9.17) is 9.51 Å². The van der Waals surface area contributed by atoms with Crippen molar-refractivity contribution in [1.82, 2.24) is 20.8 Å². The van der Waals surface area contributed by atoms with Gasteiger partial charge in [0.05, 0.1) is 22.9 Å². The van der Waals surface area contributed by atoms with E-state index in [1.54, 1.807) is 18.4 Å². The maximum atomic E-state index is 5.41. The topological polar surface area (TPSA) is 75.3 Å². The third kappa shape index (κ3) is 5.04. The quantitative estimate of drug-likeness (QED) is 0.607. The third-order valence-corrected chi connectivity index (χ3v) is 5.21. The molecule has 138 valence electrons. The molecule has 2 rings (SSSR count). The first-order chi connectivity index (χ1) is 11.9. The lowest BCUT2D eigenvalue weighted by Gasteiger charge is -2.14. The predicted molar refractivity (Wildman–Crippen MR) is 103 cm³/mol. The summed E-state index contributed by atoms with van der Waals surface area (Å²) in [5, 5.41) is 14.1. The van der Waals surface area contributed by atoms with Crippen LogP contribution in [0.5, 0.6) is 0 Å². The van der Waals surface area contributed by atoms with Crippen molar-refractivity contribution in [2.75, 3.05) is 7.05 Å². The van der Waals surface area contributed by atoms with E-state index in [0.717, 1.165) is 46.5 Å². The highest BCUT2D eigenvalue weighted by atomic mass is 32.1. The van der Waals surface area contributed by atoms with Crippen molar-refractivity contribution in [1.29, 1.82) is 0 Å². The second-order valence-electron chi connectivity index (χ2n) is 6.91. The molecule has 2 aromatic rings. The Morgan fingerprint density at radius 3 is 2.48 bits per heavy atom. The van der Waals surface area contributed by atoms with Crippen molar-refractivity contribution in [2.45, 2.75) is 66.0 Å². The normalized spacial score (nSPS) is 12.5. The molecular weight excluding hydrogens is 334 g/mol. The highest BCUT2D eigenvalue weighted by Gasteiger charge is 2.18. The lowest BCUT2D eigenvalue weighted by molar-refractivity contribution is 0.380. The molecule has 0 atom stereocenters. The van der Waals surface area contributed by atoms with Crippen molar-refractivity contribution in [3.05, 3.63) is 33.1 Å². The van der Waals surface area contributed by atoms with Gasteiger partial charge in [-0.1, -0.05) is 39.8 Å². The summed E-state index contributed by atoms with van der Waals surface area (Å²) < 4.78 is 5.41. The SMILES string of the molecule is CCc1noc(CC)c1CNC(=NC)NCc1csc(C(C)(C)C)n1. The molecular formula is C18H29N5OS. The first-order valence-corrected chi connectivity index (χ1v) is 9.62. The Labute approximate surface area is 154 Å². The van der Waals surface area contributed by atoms with Crippen LogP contribution in [0.1, 0.15) is 62.3 Å². The maximum Gasteiger partial charge on any atom is 0.191 e. The fourth-order valence-electron chi connectivity index (χ4n) is 2.44. The smallest absolute Gasteiger partial charge is 0.191 e. The molecule has 2 aromatic heterocycles. The van der Waals surface area contributed by atoms with Crippen LogP contribution >= 0.6 is 11.3 Å². The van der Waals surface area contributed by atoms with E-state index < -0.39 is 0 Å². The molecule has 0 saturated heterocycles. The number of nitrogens with one attached hydrogen (secondary N) is 2. The zero-order valence-corrected chi connectivity index (χ0v) is 16.9. The Bertz CT molecular complexity index is 690. The van der Waals surface area contributed by atoms with Gasteiger partial charge in [-0.3, -0.25) is 4.99 Å². The summed E-state index contributed by atoms with van der Waals surface area (Å²) in [7, 11) is 1.77. The largest absolute Gasteiger partial charge is 0.361 e. The van der Waals surface area contributed by atoms with Crippen LogP contribution in [0.15, 0.2) is 14.9 Å². The molecule has 7 heteroatoms. The molecule has 0 fully saturated rings. The molecule has 0 unspecified atom stereocenters. The summed E-state index contributed by atoms with van der Waals surface area (Å²) in [6.45, 7) is 12.0. The van der Waals surface area contributed by atoms with Crippen LogP contribution in [-0.4, -0.2) is 23.1 Å². The summed E-state index contributed by atoms with van der Waals surface area (Å²) >= 11 is 1.70. The van der Waals surface area contributed by atoms with Gasteiger partial charge in [-0.25, -0.2) is 4.98 Å².